The fraction of sp³-hybridized carbons (Fsp3) is 0.286. The fourth-order valence-electron chi connectivity index (χ4n) is 2.65. The largest absolute Gasteiger partial charge is 0.496 e. The number of hydrazone groups is 1. The minimum absolute atomic E-state index is 0.193. The summed E-state index contributed by atoms with van der Waals surface area (Å²) in [6, 6.07) is 10.7. The average Bonchev–Trinajstić information content (AvgIpc) is 2.62. The van der Waals surface area contributed by atoms with Gasteiger partial charge in [-0.25, -0.2) is 5.43 Å². The summed E-state index contributed by atoms with van der Waals surface area (Å²) in [4.78, 5) is 23.4. The zero-order chi connectivity index (χ0) is 20.0. The molecule has 0 spiro atoms. The van der Waals surface area contributed by atoms with Gasteiger partial charge in [-0.3, -0.25) is 9.59 Å². The number of hydrogen-bond acceptors (Lipinski definition) is 4. The summed E-state index contributed by atoms with van der Waals surface area (Å²) in [6.45, 7) is 7.57. The van der Waals surface area contributed by atoms with Crippen LogP contribution in [0.4, 0.5) is 5.69 Å². The predicted octanol–water partition coefficient (Wildman–Crippen LogP) is 3.85. The van der Waals surface area contributed by atoms with E-state index in [0.717, 1.165) is 22.4 Å². The number of nitrogens with zero attached hydrogens (tertiary/aromatic N) is 1. The number of nitrogens with one attached hydrogen (secondary N) is 2. The van der Waals surface area contributed by atoms with Gasteiger partial charge in [0.1, 0.15) is 5.75 Å². The molecular formula is C21H25N3O3. The molecule has 142 valence electrons. The first-order valence-electron chi connectivity index (χ1n) is 8.71. The number of carbonyl (C=O) groups excluding carboxylic acids is 2. The number of methoxy groups -OCH3 is 1. The van der Waals surface area contributed by atoms with Gasteiger partial charge in [-0.15, -0.1) is 0 Å². The Morgan fingerprint density at radius 2 is 1.93 bits per heavy atom. The summed E-state index contributed by atoms with van der Waals surface area (Å²) < 4.78 is 5.44. The Morgan fingerprint density at radius 3 is 2.56 bits per heavy atom. The van der Waals surface area contributed by atoms with Crippen molar-refractivity contribution in [3.63, 3.8) is 0 Å². The van der Waals surface area contributed by atoms with Crippen LogP contribution < -0.4 is 15.5 Å². The Labute approximate surface area is 159 Å². The maximum Gasteiger partial charge on any atom is 0.271 e. The highest BCUT2D eigenvalue weighted by atomic mass is 16.5. The number of carbonyl (C=O) groups is 2. The molecule has 2 aromatic carbocycles. The van der Waals surface area contributed by atoms with Crippen molar-refractivity contribution < 1.29 is 14.3 Å². The molecule has 6 nitrogen and oxygen atoms in total. The van der Waals surface area contributed by atoms with E-state index >= 15 is 0 Å². The molecular weight excluding hydrogens is 342 g/mol. The zero-order valence-corrected chi connectivity index (χ0v) is 16.3. The molecule has 0 aliphatic heterocycles. The third-order valence-electron chi connectivity index (χ3n) is 4.06. The Hall–Kier alpha value is -3.15. The Balaban J connectivity index is 2.14. The number of ether oxygens (including phenoxy) is 1. The van der Waals surface area contributed by atoms with E-state index in [-0.39, 0.29) is 11.8 Å². The van der Waals surface area contributed by atoms with Crippen molar-refractivity contribution >= 4 is 23.7 Å². The van der Waals surface area contributed by atoms with Crippen molar-refractivity contribution in [1.29, 1.82) is 0 Å². The maximum absolute atomic E-state index is 12.3. The molecule has 0 fully saturated rings. The lowest BCUT2D eigenvalue weighted by Gasteiger charge is -2.14. The molecule has 0 heterocycles. The minimum Gasteiger partial charge on any atom is -0.496 e. The van der Waals surface area contributed by atoms with E-state index in [2.05, 4.69) is 29.7 Å². The van der Waals surface area contributed by atoms with Crippen LogP contribution in [0.5, 0.6) is 5.75 Å². The van der Waals surface area contributed by atoms with Gasteiger partial charge in [0.05, 0.1) is 13.3 Å². The Morgan fingerprint density at radius 1 is 1.19 bits per heavy atom. The van der Waals surface area contributed by atoms with Crippen LogP contribution in [0.2, 0.25) is 0 Å². The molecule has 2 amide bonds. The summed E-state index contributed by atoms with van der Waals surface area (Å²) >= 11 is 0. The first-order valence-corrected chi connectivity index (χ1v) is 8.71. The van der Waals surface area contributed by atoms with Crippen LogP contribution in [0, 0.1) is 6.92 Å². The zero-order valence-electron chi connectivity index (χ0n) is 16.3. The Bertz CT molecular complexity index is 873. The quantitative estimate of drug-likeness (QED) is 0.601. The fourth-order valence-corrected chi connectivity index (χ4v) is 2.65. The number of benzene rings is 2. The lowest BCUT2D eigenvalue weighted by molar-refractivity contribution is -0.114. The van der Waals surface area contributed by atoms with Crippen LogP contribution in [0.25, 0.3) is 0 Å². The topological polar surface area (TPSA) is 79.8 Å². The van der Waals surface area contributed by atoms with Crippen molar-refractivity contribution in [2.45, 2.75) is 33.6 Å². The van der Waals surface area contributed by atoms with E-state index in [1.165, 1.54) is 6.92 Å². The van der Waals surface area contributed by atoms with Gasteiger partial charge in [-0.05, 0) is 59.9 Å². The van der Waals surface area contributed by atoms with Crippen molar-refractivity contribution in [3.05, 3.63) is 58.7 Å². The third kappa shape index (κ3) is 5.41. The molecule has 0 saturated heterocycles. The van der Waals surface area contributed by atoms with Crippen molar-refractivity contribution in [2.24, 2.45) is 5.10 Å². The molecule has 0 aliphatic carbocycles. The van der Waals surface area contributed by atoms with E-state index in [1.54, 1.807) is 37.6 Å². The van der Waals surface area contributed by atoms with Gasteiger partial charge >= 0.3 is 0 Å². The SMILES string of the molecule is COc1cc(C)c(C=NNC(=O)c2cccc(NC(C)=O)c2)cc1C(C)C. The van der Waals surface area contributed by atoms with E-state index in [1.807, 2.05) is 19.1 Å². The van der Waals surface area contributed by atoms with Gasteiger partial charge in [0.25, 0.3) is 5.91 Å². The first-order chi connectivity index (χ1) is 12.8. The normalized spacial score (nSPS) is 10.9. The average molecular weight is 367 g/mol. The second-order valence-corrected chi connectivity index (χ2v) is 6.57. The lowest BCUT2D eigenvalue weighted by atomic mass is 9.97. The molecule has 0 aromatic heterocycles. The van der Waals surface area contributed by atoms with Crippen LogP contribution in [0.3, 0.4) is 0 Å². The summed E-state index contributed by atoms with van der Waals surface area (Å²) in [5, 5.41) is 6.72. The molecule has 0 atom stereocenters. The second-order valence-electron chi connectivity index (χ2n) is 6.57. The van der Waals surface area contributed by atoms with E-state index in [9.17, 15) is 9.59 Å². The van der Waals surface area contributed by atoms with Crippen molar-refractivity contribution in [2.75, 3.05) is 12.4 Å². The van der Waals surface area contributed by atoms with E-state index in [4.69, 9.17) is 4.74 Å². The highest BCUT2D eigenvalue weighted by Crippen LogP contribution is 2.29. The molecule has 0 radical (unpaired) electrons. The summed E-state index contributed by atoms with van der Waals surface area (Å²) in [5.41, 5.74) is 6.48. The second kappa shape index (κ2) is 8.98. The number of aryl methyl sites for hydroxylation is 1. The molecule has 0 saturated carbocycles. The predicted molar refractivity (Wildman–Crippen MR) is 108 cm³/mol. The third-order valence-corrected chi connectivity index (χ3v) is 4.06. The lowest BCUT2D eigenvalue weighted by Crippen LogP contribution is -2.18. The van der Waals surface area contributed by atoms with Gasteiger partial charge in [0.15, 0.2) is 0 Å². The first kappa shape index (κ1) is 20.2. The molecule has 2 N–H and O–H groups in total. The maximum atomic E-state index is 12.3. The molecule has 0 aliphatic rings. The van der Waals surface area contributed by atoms with Crippen molar-refractivity contribution in [1.82, 2.24) is 5.43 Å². The summed E-state index contributed by atoms with van der Waals surface area (Å²) in [6.07, 6.45) is 1.62. The van der Waals surface area contributed by atoms with Gasteiger partial charge in [0.2, 0.25) is 5.91 Å². The molecule has 0 unspecified atom stereocenters. The van der Waals surface area contributed by atoms with Crippen LogP contribution in [0.1, 0.15) is 53.7 Å². The summed E-state index contributed by atoms with van der Waals surface area (Å²) in [5.74, 6) is 0.604. The summed E-state index contributed by atoms with van der Waals surface area (Å²) in [7, 11) is 1.66. The van der Waals surface area contributed by atoms with Crippen molar-refractivity contribution in [3.8, 4) is 5.75 Å². The van der Waals surface area contributed by atoms with Crippen LogP contribution in [-0.2, 0) is 4.79 Å². The van der Waals surface area contributed by atoms with E-state index in [0.29, 0.717) is 17.2 Å². The Kier molecular flexibility index (Phi) is 6.71. The minimum atomic E-state index is -0.353. The molecule has 2 aromatic rings. The molecule has 27 heavy (non-hydrogen) atoms. The standard InChI is InChI=1S/C21H25N3O3/c1-13(2)19-11-17(14(3)9-20(19)27-5)12-22-24-21(26)16-7-6-8-18(10-16)23-15(4)25/h6-13H,1-5H3,(H,23,25)(H,24,26). The molecule has 6 heteroatoms. The van der Waals surface area contributed by atoms with Crippen LogP contribution in [0.15, 0.2) is 41.5 Å². The molecule has 0 bridgehead atoms. The number of amides is 2. The van der Waals surface area contributed by atoms with Gasteiger partial charge in [-0.2, -0.15) is 5.10 Å². The monoisotopic (exact) mass is 367 g/mol. The van der Waals surface area contributed by atoms with E-state index < -0.39 is 0 Å². The number of rotatable bonds is 6. The molecule has 2 rings (SSSR count). The highest BCUT2D eigenvalue weighted by molar-refractivity contribution is 5.97. The smallest absolute Gasteiger partial charge is 0.271 e. The number of hydrogen-bond donors (Lipinski definition) is 2. The van der Waals surface area contributed by atoms with Gasteiger partial charge in [-0.1, -0.05) is 19.9 Å². The van der Waals surface area contributed by atoms with Gasteiger partial charge < -0.3 is 10.1 Å². The highest BCUT2D eigenvalue weighted by Gasteiger charge is 2.11. The number of anilines is 1. The van der Waals surface area contributed by atoms with Gasteiger partial charge in [0, 0.05) is 18.2 Å². The van der Waals surface area contributed by atoms with Crippen LogP contribution in [-0.4, -0.2) is 25.1 Å². The van der Waals surface area contributed by atoms with Crippen LogP contribution >= 0.6 is 0 Å².